The Morgan fingerprint density at radius 1 is 0.432 bits per heavy atom. The molecule has 1 aliphatic rings. The van der Waals surface area contributed by atoms with Crippen LogP contribution in [0.1, 0.15) is 36.1 Å². The summed E-state index contributed by atoms with van der Waals surface area (Å²) in [6.07, 6.45) is 0. The molecule has 3 heterocycles. The Balaban J connectivity index is 1.60. The lowest BCUT2D eigenvalue weighted by Gasteiger charge is -2.11. The Morgan fingerprint density at radius 3 is 1.18 bits per heavy atom. The highest BCUT2D eigenvalue weighted by Gasteiger charge is 2.18. The molecule has 0 fully saturated rings. The van der Waals surface area contributed by atoms with Gasteiger partial charge in [0.2, 0.25) is 0 Å². The molecular weight excluding hydrogens is 540 g/mol. The van der Waals surface area contributed by atoms with Gasteiger partial charge in [-0.15, -0.1) is 0 Å². The molecular formula is C38H32N6. The van der Waals surface area contributed by atoms with Crippen molar-refractivity contribution >= 4 is 56.0 Å². The minimum atomic E-state index is 0.649. The first-order valence-corrected chi connectivity index (χ1v) is 14.6. The molecule has 1 aliphatic heterocycles. The van der Waals surface area contributed by atoms with Gasteiger partial charge in [0, 0.05) is 69.3 Å². The van der Waals surface area contributed by atoms with E-state index in [4.69, 9.17) is 20.0 Å². The molecule has 0 radical (unpaired) electrons. The van der Waals surface area contributed by atoms with E-state index in [1.54, 1.807) is 0 Å². The van der Waals surface area contributed by atoms with E-state index in [0.29, 0.717) is 11.4 Å². The molecule has 0 spiro atoms. The topological polar surface area (TPSA) is 59.3 Å². The summed E-state index contributed by atoms with van der Waals surface area (Å²) in [7, 11) is 4.01. The number of benzene rings is 4. The molecule has 214 valence electrons. The van der Waals surface area contributed by atoms with Crippen LogP contribution in [0.3, 0.4) is 0 Å². The van der Waals surface area contributed by atoms with E-state index in [1.165, 1.54) is 0 Å². The van der Waals surface area contributed by atoms with Crippen molar-refractivity contribution in [1.29, 1.82) is 0 Å². The maximum absolute atomic E-state index is 5.21. The standard InChI is InChI=1S/C38H32N6/c1-23-27-15-7-8-16-28(27)24(2)40-37-33-21-13-14-22-34(33)38(44(37)6)42-26(4)30-18-10-9-17-29(30)25(3)41-36-32-20-12-11-19-31(32)35(39-23)43(36)5/h7-22H,1,3H2,2,4-6H3. The Hall–Kier alpha value is -5.62. The Bertz CT molecular complexity index is 2200. The van der Waals surface area contributed by atoms with Crippen molar-refractivity contribution in [2.45, 2.75) is 13.8 Å². The molecule has 7 rings (SSSR count). The predicted molar refractivity (Wildman–Crippen MR) is 183 cm³/mol. The van der Waals surface area contributed by atoms with Crippen LogP contribution in [0.4, 0.5) is 11.6 Å². The van der Waals surface area contributed by atoms with E-state index in [9.17, 15) is 0 Å². The average molecular weight is 573 g/mol. The quantitative estimate of drug-likeness (QED) is 0.178. The fraction of sp³-hybridized carbons (Fsp3) is 0.105. The summed E-state index contributed by atoms with van der Waals surface area (Å²) < 4.78 is 4.09. The van der Waals surface area contributed by atoms with Crippen LogP contribution in [0.2, 0.25) is 0 Å². The summed E-state index contributed by atoms with van der Waals surface area (Å²) in [4.78, 5) is 20.7. The molecule has 6 heteroatoms. The normalized spacial score (nSPS) is 13.7. The largest absolute Gasteiger partial charge is 0.313 e. The summed E-state index contributed by atoms with van der Waals surface area (Å²) >= 11 is 0. The molecule has 4 bridgehead atoms. The molecule has 4 aromatic carbocycles. The second kappa shape index (κ2) is 10.6. The molecule has 44 heavy (non-hydrogen) atoms. The zero-order valence-electron chi connectivity index (χ0n) is 25.3. The SMILES string of the molecule is C=C1N=c2c3ccccc3c(n2C)=NC(=C)c2ccccc2C(C)=Nc2c3ccccc3c(n2C)N=C(C)c2ccccc21. The van der Waals surface area contributed by atoms with E-state index in [-0.39, 0.29) is 0 Å². The van der Waals surface area contributed by atoms with Crippen LogP contribution in [0, 0.1) is 0 Å². The van der Waals surface area contributed by atoms with Gasteiger partial charge in [-0.05, 0) is 13.8 Å². The van der Waals surface area contributed by atoms with Crippen LogP contribution < -0.4 is 11.0 Å². The average Bonchev–Trinajstić information content (AvgIpc) is 3.46. The monoisotopic (exact) mass is 572 g/mol. The molecule has 2 aromatic heterocycles. The Morgan fingerprint density at radius 2 is 0.773 bits per heavy atom. The van der Waals surface area contributed by atoms with Crippen LogP contribution in [0.15, 0.2) is 130 Å². The van der Waals surface area contributed by atoms with E-state index >= 15 is 0 Å². The van der Waals surface area contributed by atoms with Gasteiger partial charge < -0.3 is 9.13 Å². The summed E-state index contributed by atoms with van der Waals surface area (Å²) in [6.45, 7) is 12.9. The molecule has 0 atom stereocenters. The van der Waals surface area contributed by atoms with Gasteiger partial charge >= 0.3 is 0 Å². The first-order valence-electron chi connectivity index (χ1n) is 14.6. The third-order valence-electron chi connectivity index (χ3n) is 8.37. The summed E-state index contributed by atoms with van der Waals surface area (Å²) in [5.41, 5.74) is 8.38. The first-order chi connectivity index (χ1) is 21.3. The van der Waals surface area contributed by atoms with Crippen molar-refractivity contribution in [3.63, 3.8) is 0 Å². The number of rotatable bonds is 0. The third kappa shape index (κ3) is 4.34. The highest BCUT2D eigenvalue weighted by atomic mass is 15.1. The lowest BCUT2D eigenvalue weighted by molar-refractivity contribution is 0.817. The predicted octanol–water partition coefficient (Wildman–Crippen LogP) is 7.85. The van der Waals surface area contributed by atoms with E-state index in [1.807, 2.05) is 81.0 Å². The second-order valence-electron chi connectivity index (χ2n) is 11.1. The summed E-state index contributed by atoms with van der Waals surface area (Å²) in [5.74, 6) is 1.68. The lowest BCUT2D eigenvalue weighted by atomic mass is 10.0. The van der Waals surface area contributed by atoms with Crippen LogP contribution in [-0.2, 0) is 14.1 Å². The van der Waals surface area contributed by atoms with Crippen LogP contribution in [-0.4, -0.2) is 20.6 Å². The van der Waals surface area contributed by atoms with Gasteiger partial charge in [0.05, 0.1) is 11.4 Å². The number of fused-ring (bicyclic) bond motifs is 12. The molecule has 0 unspecified atom stereocenters. The number of aliphatic imine (C=N–C) groups is 2. The maximum atomic E-state index is 5.21. The fourth-order valence-electron chi connectivity index (χ4n) is 6.13. The second-order valence-corrected chi connectivity index (χ2v) is 11.1. The van der Waals surface area contributed by atoms with Crippen molar-refractivity contribution in [2.75, 3.05) is 0 Å². The Kier molecular flexibility index (Phi) is 6.55. The summed E-state index contributed by atoms with van der Waals surface area (Å²) in [6, 6.07) is 32.8. The van der Waals surface area contributed by atoms with Crippen molar-refractivity contribution in [1.82, 2.24) is 9.13 Å². The molecule has 0 amide bonds. The molecule has 0 aliphatic carbocycles. The van der Waals surface area contributed by atoms with Crippen LogP contribution in [0.5, 0.6) is 0 Å². The van der Waals surface area contributed by atoms with Crippen molar-refractivity contribution in [3.05, 3.63) is 143 Å². The number of aromatic nitrogens is 2. The number of hydrogen-bond acceptors (Lipinski definition) is 4. The maximum Gasteiger partial charge on any atom is 0.142 e. The highest BCUT2D eigenvalue weighted by Crippen LogP contribution is 2.38. The zero-order chi connectivity index (χ0) is 30.5. The smallest absolute Gasteiger partial charge is 0.142 e. The van der Waals surface area contributed by atoms with Crippen molar-refractivity contribution in [2.24, 2.45) is 34.1 Å². The number of hydrogen-bond donors (Lipinski definition) is 0. The molecule has 0 saturated heterocycles. The van der Waals surface area contributed by atoms with E-state index < -0.39 is 0 Å². The minimum absolute atomic E-state index is 0.649. The lowest BCUT2D eigenvalue weighted by Crippen LogP contribution is -2.24. The van der Waals surface area contributed by atoms with E-state index in [2.05, 4.69) is 66.3 Å². The molecule has 0 N–H and O–H groups in total. The van der Waals surface area contributed by atoms with Crippen molar-refractivity contribution < 1.29 is 0 Å². The van der Waals surface area contributed by atoms with Crippen LogP contribution in [0.25, 0.3) is 32.9 Å². The van der Waals surface area contributed by atoms with Gasteiger partial charge in [0.25, 0.3) is 0 Å². The van der Waals surface area contributed by atoms with Gasteiger partial charge in [0.1, 0.15) is 22.6 Å². The molecule has 0 saturated carbocycles. The van der Waals surface area contributed by atoms with Gasteiger partial charge in [-0.3, -0.25) is 0 Å². The highest BCUT2D eigenvalue weighted by molar-refractivity contribution is 6.10. The Labute approximate surface area is 256 Å². The minimum Gasteiger partial charge on any atom is -0.313 e. The van der Waals surface area contributed by atoms with Gasteiger partial charge in [0.15, 0.2) is 0 Å². The van der Waals surface area contributed by atoms with Gasteiger partial charge in [-0.2, -0.15) is 0 Å². The third-order valence-corrected chi connectivity index (χ3v) is 8.37. The fourth-order valence-corrected chi connectivity index (χ4v) is 6.13. The first kappa shape index (κ1) is 27.2. The van der Waals surface area contributed by atoms with Gasteiger partial charge in [-0.1, -0.05) is 110 Å². The number of nitrogens with zero attached hydrogens (tertiary/aromatic N) is 6. The molecule has 6 aromatic rings. The van der Waals surface area contributed by atoms with E-state index in [0.717, 1.165) is 77.8 Å². The van der Waals surface area contributed by atoms with Crippen molar-refractivity contribution in [3.8, 4) is 0 Å². The van der Waals surface area contributed by atoms with Crippen LogP contribution >= 0.6 is 0 Å². The van der Waals surface area contributed by atoms with Gasteiger partial charge in [-0.25, -0.2) is 20.0 Å². The summed E-state index contributed by atoms with van der Waals surface area (Å²) in [5, 5.41) is 4.07. The zero-order valence-corrected chi connectivity index (χ0v) is 25.3. The molecule has 6 nitrogen and oxygen atoms in total.